The average Bonchev–Trinajstić information content (AvgIpc) is 3.22. The van der Waals surface area contributed by atoms with Crippen LogP contribution in [0, 0.1) is 0 Å². The maximum absolute atomic E-state index is 12.6. The predicted molar refractivity (Wildman–Crippen MR) is 113 cm³/mol. The summed E-state index contributed by atoms with van der Waals surface area (Å²) in [6.45, 7) is 0.334. The number of hydrogen-bond acceptors (Lipinski definition) is 5. The molecule has 3 aromatic rings. The molecule has 1 amide bonds. The normalized spacial score (nSPS) is 13.5. The van der Waals surface area contributed by atoms with Gasteiger partial charge in [0, 0.05) is 29.6 Å². The topological polar surface area (TPSA) is 72.9 Å². The second-order valence-corrected chi connectivity index (χ2v) is 7.06. The van der Waals surface area contributed by atoms with E-state index in [1.165, 1.54) is 0 Å². The third kappa shape index (κ3) is 3.76. The monoisotopic (exact) mass is 403 g/mol. The summed E-state index contributed by atoms with van der Waals surface area (Å²) in [6.07, 6.45) is 1.40. The maximum Gasteiger partial charge on any atom is 0.339 e. The van der Waals surface area contributed by atoms with Crippen LogP contribution in [0.3, 0.4) is 0 Å². The van der Waals surface area contributed by atoms with E-state index in [9.17, 15) is 14.4 Å². The highest BCUT2D eigenvalue weighted by Gasteiger charge is 2.22. The number of ether oxygens (including phenoxy) is 2. The lowest BCUT2D eigenvalue weighted by atomic mass is 10.0. The number of amides is 1. The molecule has 1 saturated heterocycles. The van der Waals surface area contributed by atoms with Crippen LogP contribution >= 0.6 is 0 Å². The Labute approximate surface area is 174 Å². The van der Waals surface area contributed by atoms with Crippen molar-refractivity contribution in [3.8, 4) is 5.75 Å². The van der Waals surface area contributed by atoms with Crippen molar-refractivity contribution in [2.45, 2.75) is 12.8 Å². The van der Waals surface area contributed by atoms with Crippen molar-refractivity contribution in [3.63, 3.8) is 0 Å². The van der Waals surface area contributed by atoms with Gasteiger partial charge in [-0.15, -0.1) is 0 Å². The van der Waals surface area contributed by atoms with E-state index in [4.69, 9.17) is 9.47 Å². The Morgan fingerprint density at radius 3 is 2.37 bits per heavy atom. The van der Waals surface area contributed by atoms with Crippen LogP contribution in [0.15, 0.2) is 60.7 Å². The first kappa shape index (κ1) is 19.6. The number of rotatable bonds is 6. The van der Waals surface area contributed by atoms with Crippen molar-refractivity contribution in [1.29, 1.82) is 0 Å². The molecule has 0 aromatic heterocycles. The van der Waals surface area contributed by atoms with Gasteiger partial charge in [-0.25, -0.2) is 4.79 Å². The second kappa shape index (κ2) is 8.37. The number of nitrogens with zero attached hydrogens (tertiary/aromatic N) is 1. The second-order valence-electron chi connectivity index (χ2n) is 7.06. The van der Waals surface area contributed by atoms with E-state index in [1.807, 2.05) is 24.3 Å². The first-order valence-electron chi connectivity index (χ1n) is 9.75. The summed E-state index contributed by atoms with van der Waals surface area (Å²) >= 11 is 0. The largest absolute Gasteiger partial charge is 0.496 e. The van der Waals surface area contributed by atoms with Crippen LogP contribution < -0.4 is 9.64 Å². The molecule has 0 atom stereocenters. The average molecular weight is 403 g/mol. The van der Waals surface area contributed by atoms with Gasteiger partial charge in [-0.1, -0.05) is 24.3 Å². The van der Waals surface area contributed by atoms with Crippen molar-refractivity contribution >= 4 is 34.1 Å². The smallest absolute Gasteiger partial charge is 0.339 e. The van der Waals surface area contributed by atoms with E-state index in [1.54, 1.807) is 48.4 Å². The van der Waals surface area contributed by atoms with Crippen LogP contribution in [0.2, 0.25) is 0 Å². The van der Waals surface area contributed by atoms with Crippen molar-refractivity contribution in [2.75, 3.05) is 25.2 Å². The molecule has 6 heteroatoms. The molecule has 1 fully saturated rings. The lowest BCUT2D eigenvalue weighted by Gasteiger charge is -2.15. The van der Waals surface area contributed by atoms with Gasteiger partial charge in [0.25, 0.3) is 0 Å². The molecular weight excluding hydrogens is 382 g/mol. The zero-order valence-corrected chi connectivity index (χ0v) is 16.6. The fourth-order valence-electron chi connectivity index (χ4n) is 3.67. The number of methoxy groups -OCH3 is 1. The van der Waals surface area contributed by atoms with Crippen LogP contribution in [-0.2, 0) is 9.53 Å². The van der Waals surface area contributed by atoms with Gasteiger partial charge in [-0.2, -0.15) is 0 Å². The van der Waals surface area contributed by atoms with Gasteiger partial charge in [0.05, 0.1) is 12.7 Å². The Bertz CT molecular complexity index is 1120. The number of Topliss-reactive ketones (excluding diaryl/α,β-unsaturated/α-hetero) is 1. The zero-order valence-electron chi connectivity index (χ0n) is 16.6. The molecule has 1 aliphatic heterocycles. The minimum Gasteiger partial charge on any atom is -0.496 e. The minimum atomic E-state index is -0.568. The highest BCUT2D eigenvalue weighted by Crippen LogP contribution is 2.29. The molecule has 6 nitrogen and oxygen atoms in total. The van der Waals surface area contributed by atoms with Gasteiger partial charge < -0.3 is 14.4 Å². The summed E-state index contributed by atoms with van der Waals surface area (Å²) in [5.74, 6) is -0.119. The van der Waals surface area contributed by atoms with Gasteiger partial charge in [0.2, 0.25) is 5.91 Å². The van der Waals surface area contributed by atoms with Crippen molar-refractivity contribution in [1.82, 2.24) is 0 Å². The Balaban J connectivity index is 1.45. The Morgan fingerprint density at radius 1 is 0.967 bits per heavy atom. The third-order valence-corrected chi connectivity index (χ3v) is 5.23. The lowest BCUT2D eigenvalue weighted by Crippen LogP contribution is -2.23. The number of fused-ring (bicyclic) bond motifs is 1. The highest BCUT2D eigenvalue weighted by molar-refractivity contribution is 6.07. The number of anilines is 1. The number of ketones is 1. The first-order chi connectivity index (χ1) is 14.6. The molecule has 0 radical (unpaired) electrons. The van der Waals surface area contributed by atoms with Crippen LogP contribution in [0.4, 0.5) is 5.69 Å². The van der Waals surface area contributed by atoms with Crippen LogP contribution in [0.5, 0.6) is 5.75 Å². The molecule has 1 aliphatic rings. The van der Waals surface area contributed by atoms with E-state index >= 15 is 0 Å². The van der Waals surface area contributed by atoms with Crippen molar-refractivity contribution in [2.24, 2.45) is 0 Å². The predicted octanol–water partition coefficient (Wildman–Crippen LogP) is 4.01. The van der Waals surface area contributed by atoms with Crippen LogP contribution in [0.1, 0.15) is 33.6 Å². The molecule has 0 saturated carbocycles. The SMILES string of the molecule is COc1ccc(C(=O)OCC(=O)c2ccc(N3CCCC3=O)cc2)c2ccccc12. The summed E-state index contributed by atoms with van der Waals surface area (Å²) in [5.41, 5.74) is 1.58. The molecule has 4 rings (SSSR count). The summed E-state index contributed by atoms with van der Waals surface area (Å²) in [5, 5.41) is 1.50. The number of esters is 1. The van der Waals surface area contributed by atoms with E-state index in [-0.39, 0.29) is 18.3 Å². The first-order valence-corrected chi connectivity index (χ1v) is 9.75. The maximum atomic E-state index is 12.6. The molecule has 152 valence electrons. The van der Waals surface area contributed by atoms with E-state index in [2.05, 4.69) is 0 Å². The van der Waals surface area contributed by atoms with Crippen LogP contribution in [0.25, 0.3) is 10.8 Å². The number of benzene rings is 3. The Kier molecular flexibility index (Phi) is 5.48. The Hall–Kier alpha value is -3.67. The summed E-state index contributed by atoms with van der Waals surface area (Å²) in [7, 11) is 1.57. The fraction of sp³-hybridized carbons (Fsp3) is 0.208. The molecule has 3 aromatic carbocycles. The molecule has 1 heterocycles. The quantitative estimate of drug-likeness (QED) is 0.459. The van der Waals surface area contributed by atoms with Crippen molar-refractivity contribution < 1.29 is 23.9 Å². The van der Waals surface area contributed by atoms with E-state index in [0.717, 1.165) is 17.5 Å². The van der Waals surface area contributed by atoms with E-state index in [0.29, 0.717) is 35.2 Å². The summed E-state index contributed by atoms with van der Waals surface area (Å²) in [6, 6.07) is 17.5. The summed E-state index contributed by atoms with van der Waals surface area (Å²) < 4.78 is 10.6. The molecule has 0 bridgehead atoms. The zero-order chi connectivity index (χ0) is 21.1. The van der Waals surface area contributed by atoms with Gasteiger partial charge in [-0.3, -0.25) is 9.59 Å². The van der Waals surface area contributed by atoms with Gasteiger partial charge >= 0.3 is 5.97 Å². The van der Waals surface area contributed by atoms with Crippen molar-refractivity contribution in [3.05, 3.63) is 71.8 Å². The molecular formula is C24H21NO5. The van der Waals surface area contributed by atoms with Crippen LogP contribution in [-0.4, -0.2) is 37.9 Å². The number of carbonyl (C=O) groups is 3. The number of hydrogen-bond donors (Lipinski definition) is 0. The molecule has 30 heavy (non-hydrogen) atoms. The molecule has 0 aliphatic carbocycles. The van der Waals surface area contributed by atoms with E-state index < -0.39 is 5.97 Å². The van der Waals surface area contributed by atoms with Gasteiger partial charge in [-0.05, 0) is 48.2 Å². The Morgan fingerprint density at radius 2 is 1.70 bits per heavy atom. The number of carbonyl (C=O) groups excluding carboxylic acids is 3. The highest BCUT2D eigenvalue weighted by atomic mass is 16.5. The van der Waals surface area contributed by atoms with Gasteiger partial charge in [0.1, 0.15) is 5.75 Å². The standard InChI is InChI=1S/C24H21NO5/c1-29-22-13-12-20(18-5-2-3-6-19(18)22)24(28)30-15-21(26)16-8-10-17(11-9-16)25-14-4-7-23(25)27/h2-3,5-6,8-13H,4,7,14-15H2,1H3. The fourth-order valence-corrected chi connectivity index (χ4v) is 3.67. The minimum absolute atomic E-state index is 0.0923. The lowest BCUT2D eigenvalue weighted by molar-refractivity contribution is -0.117. The summed E-state index contributed by atoms with van der Waals surface area (Å²) in [4.78, 5) is 38.6. The molecule has 0 unspecified atom stereocenters. The van der Waals surface area contributed by atoms with Gasteiger partial charge in [0.15, 0.2) is 12.4 Å². The third-order valence-electron chi connectivity index (χ3n) is 5.23. The molecule has 0 spiro atoms. The molecule has 0 N–H and O–H groups in total.